The summed E-state index contributed by atoms with van der Waals surface area (Å²) in [5.41, 5.74) is 1.44. The van der Waals surface area contributed by atoms with Crippen LogP contribution < -0.4 is 5.32 Å². The number of nitrogens with one attached hydrogen (secondary N) is 1. The molecule has 25 heavy (non-hydrogen) atoms. The van der Waals surface area contributed by atoms with Crippen molar-refractivity contribution < 1.29 is 14.5 Å². The summed E-state index contributed by atoms with van der Waals surface area (Å²) in [6.45, 7) is 0. The Bertz CT molecular complexity index is 826. The zero-order valence-electron chi connectivity index (χ0n) is 13.8. The van der Waals surface area contributed by atoms with Crippen molar-refractivity contribution in [3.63, 3.8) is 0 Å². The lowest BCUT2D eigenvalue weighted by molar-refractivity contribution is -0.384. The topological polar surface area (TPSA) is 92.6 Å². The van der Waals surface area contributed by atoms with Crippen molar-refractivity contribution in [1.29, 1.82) is 0 Å². The van der Waals surface area contributed by atoms with Crippen LogP contribution in [0.4, 0.5) is 11.4 Å². The molecule has 0 heterocycles. The minimum atomic E-state index is -0.487. The number of anilines is 1. The van der Waals surface area contributed by atoms with Gasteiger partial charge >= 0.3 is 0 Å². The maximum absolute atomic E-state index is 12.1. The lowest BCUT2D eigenvalue weighted by atomic mass is 10.1. The minimum absolute atomic E-state index is 0.0160. The zero-order chi connectivity index (χ0) is 18.4. The number of para-hydroxylation sites is 1. The molecule has 2 amide bonds. The predicted octanol–water partition coefficient (Wildman–Crippen LogP) is 2.95. The molecular formula is C18H17N3O4. The second-order valence-corrected chi connectivity index (χ2v) is 5.42. The normalized spacial score (nSPS) is 10.5. The van der Waals surface area contributed by atoms with Gasteiger partial charge in [-0.3, -0.25) is 19.7 Å². The molecule has 0 unspecified atom stereocenters. The van der Waals surface area contributed by atoms with E-state index in [9.17, 15) is 19.7 Å². The van der Waals surface area contributed by atoms with Crippen LogP contribution in [0.2, 0.25) is 0 Å². The lowest BCUT2D eigenvalue weighted by Gasteiger charge is -2.14. The highest BCUT2D eigenvalue weighted by molar-refractivity contribution is 6.07. The summed E-state index contributed by atoms with van der Waals surface area (Å²) in [7, 11) is 3.27. The number of nitro groups is 1. The number of hydrogen-bond acceptors (Lipinski definition) is 4. The van der Waals surface area contributed by atoms with Gasteiger partial charge in [-0.2, -0.15) is 0 Å². The average Bonchev–Trinajstić information content (AvgIpc) is 2.60. The number of amides is 2. The van der Waals surface area contributed by atoms with E-state index >= 15 is 0 Å². The largest absolute Gasteiger partial charge is 0.345 e. The number of benzene rings is 2. The molecule has 0 aliphatic carbocycles. The molecule has 0 saturated heterocycles. The van der Waals surface area contributed by atoms with Crippen LogP contribution in [0.1, 0.15) is 15.9 Å². The summed E-state index contributed by atoms with van der Waals surface area (Å²) in [5.74, 6) is -0.618. The third kappa shape index (κ3) is 4.74. The molecule has 2 rings (SSSR count). The number of nitro benzene ring substituents is 1. The number of carbonyl (C=O) groups is 2. The van der Waals surface area contributed by atoms with Gasteiger partial charge in [-0.25, -0.2) is 0 Å². The second kappa shape index (κ2) is 7.87. The standard InChI is InChI=1S/C18H17N3O4/c1-20(2)18(23)15-5-3-4-6-16(15)19-17(22)12-9-13-7-10-14(11-8-13)21(24)25/h3-12H,1-2H3,(H,19,22)/b12-9+. The van der Waals surface area contributed by atoms with E-state index in [4.69, 9.17) is 0 Å². The third-order valence-electron chi connectivity index (χ3n) is 3.35. The van der Waals surface area contributed by atoms with Gasteiger partial charge < -0.3 is 10.2 Å². The highest BCUT2D eigenvalue weighted by Crippen LogP contribution is 2.17. The van der Waals surface area contributed by atoms with Crippen molar-refractivity contribution in [2.75, 3.05) is 19.4 Å². The van der Waals surface area contributed by atoms with Gasteiger partial charge in [0.25, 0.3) is 11.6 Å². The van der Waals surface area contributed by atoms with Gasteiger partial charge in [0.05, 0.1) is 16.2 Å². The van der Waals surface area contributed by atoms with E-state index in [0.29, 0.717) is 16.8 Å². The molecule has 1 N–H and O–H groups in total. The molecule has 2 aromatic carbocycles. The quantitative estimate of drug-likeness (QED) is 0.515. The van der Waals surface area contributed by atoms with Gasteiger partial charge in [-0.1, -0.05) is 12.1 Å². The first kappa shape index (κ1) is 17.9. The van der Waals surface area contributed by atoms with Crippen molar-refractivity contribution in [1.82, 2.24) is 4.90 Å². The van der Waals surface area contributed by atoms with E-state index in [1.165, 1.54) is 29.2 Å². The van der Waals surface area contributed by atoms with Crippen LogP contribution in [0.5, 0.6) is 0 Å². The fraction of sp³-hybridized carbons (Fsp3) is 0.111. The molecule has 7 nitrogen and oxygen atoms in total. The Kier molecular flexibility index (Phi) is 5.62. The van der Waals surface area contributed by atoms with Crippen molar-refractivity contribution in [2.45, 2.75) is 0 Å². The first-order valence-electron chi connectivity index (χ1n) is 7.42. The highest BCUT2D eigenvalue weighted by Gasteiger charge is 2.13. The van der Waals surface area contributed by atoms with Crippen molar-refractivity contribution in [2.24, 2.45) is 0 Å². The van der Waals surface area contributed by atoms with Crippen LogP contribution in [-0.4, -0.2) is 35.7 Å². The van der Waals surface area contributed by atoms with Crippen LogP contribution in [0.3, 0.4) is 0 Å². The van der Waals surface area contributed by atoms with Gasteiger partial charge in [0, 0.05) is 32.3 Å². The fourth-order valence-electron chi connectivity index (χ4n) is 2.07. The van der Waals surface area contributed by atoms with Crippen molar-refractivity contribution in [3.05, 3.63) is 75.8 Å². The lowest BCUT2D eigenvalue weighted by Crippen LogP contribution is -2.23. The third-order valence-corrected chi connectivity index (χ3v) is 3.35. The van der Waals surface area contributed by atoms with Crippen LogP contribution in [-0.2, 0) is 4.79 Å². The van der Waals surface area contributed by atoms with Gasteiger partial charge in [-0.15, -0.1) is 0 Å². The van der Waals surface area contributed by atoms with E-state index in [1.54, 1.807) is 50.5 Å². The summed E-state index contributed by atoms with van der Waals surface area (Å²) < 4.78 is 0. The molecule has 0 aromatic heterocycles. The molecule has 0 radical (unpaired) electrons. The minimum Gasteiger partial charge on any atom is -0.345 e. The Morgan fingerprint density at radius 1 is 1.08 bits per heavy atom. The second-order valence-electron chi connectivity index (χ2n) is 5.42. The van der Waals surface area contributed by atoms with Gasteiger partial charge in [0.1, 0.15) is 0 Å². The first-order valence-corrected chi connectivity index (χ1v) is 7.42. The molecule has 0 saturated carbocycles. The predicted molar refractivity (Wildman–Crippen MR) is 95.2 cm³/mol. The number of non-ortho nitro benzene ring substituents is 1. The first-order chi connectivity index (χ1) is 11.9. The Morgan fingerprint density at radius 2 is 1.72 bits per heavy atom. The van der Waals surface area contributed by atoms with E-state index in [0.717, 1.165) is 0 Å². The average molecular weight is 339 g/mol. The fourth-order valence-corrected chi connectivity index (χ4v) is 2.07. The van der Waals surface area contributed by atoms with Crippen molar-refractivity contribution >= 4 is 29.3 Å². The van der Waals surface area contributed by atoms with E-state index in [1.807, 2.05) is 0 Å². The molecule has 0 bridgehead atoms. The van der Waals surface area contributed by atoms with Gasteiger partial charge in [0.2, 0.25) is 5.91 Å². The Morgan fingerprint density at radius 3 is 2.32 bits per heavy atom. The number of nitrogens with zero attached hydrogens (tertiary/aromatic N) is 2. The molecule has 0 fully saturated rings. The smallest absolute Gasteiger partial charge is 0.269 e. The van der Waals surface area contributed by atoms with Crippen molar-refractivity contribution in [3.8, 4) is 0 Å². The maximum atomic E-state index is 12.1. The summed E-state index contributed by atoms with van der Waals surface area (Å²) in [6.07, 6.45) is 2.84. The Hall–Kier alpha value is -3.48. The molecule has 0 spiro atoms. The van der Waals surface area contributed by atoms with E-state index in [2.05, 4.69) is 5.32 Å². The number of hydrogen-bond donors (Lipinski definition) is 1. The highest BCUT2D eigenvalue weighted by atomic mass is 16.6. The maximum Gasteiger partial charge on any atom is 0.269 e. The van der Waals surface area contributed by atoms with E-state index in [-0.39, 0.29) is 11.6 Å². The van der Waals surface area contributed by atoms with Crippen LogP contribution in [0.25, 0.3) is 6.08 Å². The molecule has 7 heteroatoms. The monoisotopic (exact) mass is 339 g/mol. The molecular weight excluding hydrogens is 322 g/mol. The summed E-state index contributed by atoms with van der Waals surface area (Å²) in [6, 6.07) is 12.6. The molecule has 128 valence electrons. The molecule has 0 atom stereocenters. The summed E-state index contributed by atoms with van der Waals surface area (Å²) in [5, 5.41) is 13.3. The van der Waals surface area contributed by atoms with E-state index < -0.39 is 10.8 Å². The molecule has 0 aliphatic rings. The molecule has 0 aliphatic heterocycles. The van der Waals surface area contributed by atoms with Gasteiger partial charge in [0.15, 0.2) is 0 Å². The Labute approximate surface area is 144 Å². The van der Waals surface area contributed by atoms with Crippen LogP contribution >= 0.6 is 0 Å². The summed E-state index contributed by atoms with van der Waals surface area (Å²) in [4.78, 5) is 35.7. The molecule has 2 aromatic rings. The SMILES string of the molecule is CN(C)C(=O)c1ccccc1NC(=O)/C=C/c1ccc([N+](=O)[O-])cc1. The van der Waals surface area contributed by atoms with Crippen LogP contribution in [0.15, 0.2) is 54.6 Å². The zero-order valence-corrected chi connectivity index (χ0v) is 13.8. The summed E-state index contributed by atoms with van der Waals surface area (Å²) >= 11 is 0. The number of rotatable bonds is 5. The number of carbonyl (C=O) groups excluding carboxylic acids is 2. The Balaban J connectivity index is 2.10. The van der Waals surface area contributed by atoms with Crippen LogP contribution in [0, 0.1) is 10.1 Å². The van der Waals surface area contributed by atoms with Gasteiger partial charge in [-0.05, 0) is 35.9 Å².